The smallest absolute Gasteiger partial charge is 0.250 e. The number of hydrogen-bond donors (Lipinski definition) is 2. The third-order valence-electron chi connectivity index (χ3n) is 2.50. The van der Waals surface area contributed by atoms with E-state index in [4.69, 9.17) is 5.73 Å². The quantitative estimate of drug-likeness (QED) is 0.833. The minimum atomic E-state index is -3.47. The summed E-state index contributed by atoms with van der Waals surface area (Å²) in [7, 11) is -1.71. The van der Waals surface area contributed by atoms with Gasteiger partial charge in [0.05, 0.1) is 12.2 Å². The number of nitrogens with one attached hydrogen (secondary N) is 1. The van der Waals surface area contributed by atoms with Crippen LogP contribution >= 0.6 is 11.3 Å². The van der Waals surface area contributed by atoms with Crippen molar-refractivity contribution in [1.82, 2.24) is 14.5 Å². The van der Waals surface area contributed by atoms with Gasteiger partial charge in [0.25, 0.3) is 0 Å². The zero-order valence-electron chi connectivity index (χ0n) is 9.83. The van der Waals surface area contributed by atoms with Crippen LogP contribution in [0.15, 0.2) is 27.9 Å². The van der Waals surface area contributed by atoms with Crippen LogP contribution in [0, 0.1) is 0 Å². The van der Waals surface area contributed by atoms with Crippen molar-refractivity contribution < 1.29 is 8.42 Å². The fraction of sp³-hybridized carbons (Fsp3) is 0.300. The van der Waals surface area contributed by atoms with Crippen LogP contribution in [0.5, 0.6) is 0 Å². The molecule has 0 saturated heterocycles. The summed E-state index contributed by atoms with van der Waals surface area (Å²) in [6.45, 7) is 0.558. The summed E-state index contributed by atoms with van der Waals surface area (Å²) in [6.07, 6.45) is 1.63. The average Bonchev–Trinajstić information content (AvgIpc) is 2.95. The van der Waals surface area contributed by atoms with Crippen LogP contribution in [0.3, 0.4) is 0 Å². The summed E-state index contributed by atoms with van der Waals surface area (Å²) in [5.41, 5.74) is 7.08. The molecule has 0 aliphatic heterocycles. The molecular formula is C10H14N4O2S2. The minimum Gasteiger partial charge on any atom is -0.326 e. The van der Waals surface area contributed by atoms with Gasteiger partial charge in [-0.3, -0.25) is 4.68 Å². The Kier molecular flexibility index (Phi) is 3.81. The first-order valence-electron chi connectivity index (χ1n) is 5.27. The summed E-state index contributed by atoms with van der Waals surface area (Å²) < 4.78 is 28.4. The summed E-state index contributed by atoms with van der Waals surface area (Å²) >= 11 is 1.17. The van der Waals surface area contributed by atoms with Crippen molar-refractivity contribution in [2.24, 2.45) is 12.8 Å². The van der Waals surface area contributed by atoms with Gasteiger partial charge >= 0.3 is 0 Å². The predicted molar refractivity (Wildman–Crippen MR) is 69.4 cm³/mol. The molecule has 2 rings (SSSR count). The van der Waals surface area contributed by atoms with Crippen LogP contribution in [0.25, 0.3) is 0 Å². The van der Waals surface area contributed by atoms with Gasteiger partial charge in [-0.25, -0.2) is 13.1 Å². The van der Waals surface area contributed by atoms with Crippen molar-refractivity contribution in [3.8, 4) is 0 Å². The van der Waals surface area contributed by atoms with Crippen molar-refractivity contribution in [2.45, 2.75) is 17.3 Å². The second-order valence-corrected chi connectivity index (χ2v) is 6.65. The first kappa shape index (κ1) is 13.2. The van der Waals surface area contributed by atoms with E-state index in [-0.39, 0.29) is 10.8 Å². The Labute approximate surface area is 109 Å². The molecule has 0 aromatic carbocycles. The molecule has 6 nitrogen and oxygen atoms in total. The van der Waals surface area contributed by atoms with Gasteiger partial charge in [-0.05, 0) is 23.1 Å². The van der Waals surface area contributed by atoms with Crippen LogP contribution in [-0.2, 0) is 30.2 Å². The molecule has 0 bridgehead atoms. The van der Waals surface area contributed by atoms with E-state index in [0.717, 1.165) is 11.3 Å². The fourth-order valence-electron chi connectivity index (χ4n) is 1.42. The first-order valence-corrected chi connectivity index (χ1v) is 7.63. The molecule has 2 aromatic rings. The summed E-state index contributed by atoms with van der Waals surface area (Å²) in [5.74, 6) is 0. The molecule has 0 amide bonds. The van der Waals surface area contributed by atoms with Crippen molar-refractivity contribution >= 4 is 21.4 Å². The van der Waals surface area contributed by atoms with E-state index >= 15 is 0 Å². The molecule has 0 saturated carbocycles. The van der Waals surface area contributed by atoms with Gasteiger partial charge in [-0.15, -0.1) is 11.3 Å². The van der Waals surface area contributed by atoms with Crippen molar-refractivity contribution in [2.75, 3.05) is 0 Å². The topological polar surface area (TPSA) is 90.0 Å². The van der Waals surface area contributed by atoms with Crippen LogP contribution in [0.2, 0.25) is 0 Å². The Hall–Kier alpha value is -1.22. The predicted octanol–water partition coefficient (Wildman–Crippen LogP) is 0.419. The lowest BCUT2D eigenvalue weighted by atomic mass is 10.4. The van der Waals surface area contributed by atoms with Gasteiger partial charge in [-0.1, -0.05) is 0 Å². The number of rotatable bonds is 5. The van der Waals surface area contributed by atoms with E-state index in [0.29, 0.717) is 6.54 Å². The number of aromatic nitrogens is 2. The van der Waals surface area contributed by atoms with Crippen molar-refractivity contribution in [3.05, 3.63) is 35.0 Å². The van der Waals surface area contributed by atoms with Gasteiger partial charge < -0.3 is 5.73 Å². The SMILES string of the molecule is Cn1nccc1CNS(=O)(=O)c1cc(CN)cs1. The number of nitrogens with zero attached hydrogens (tertiary/aromatic N) is 2. The van der Waals surface area contributed by atoms with Crippen LogP contribution in [0.1, 0.15) is 11.3 Å². The Morgan fingerprint density at radius 2 is 2.33 bits per heavy atom. The molecule has 0 unspecified atom stereocenters. The van der Waals surface area contributed by atoms with E-state index in [1.807, 2.05) is 0 Å². The Morgan fingerprint density at radius 3 is 2.89 bits per heavy atom. The van der Waals surface area contributed by atoms with Gasteiger partial charge in [0.1, 0.15) is 4.21 Å². The maximum atomic E-state index is 12.0. The molecule has 0 radical (unpaired) electrons. The first-order chi connectivity index (χ1) is 8.53. The Morgan fingerprint density at radius 1 is 1.56 bits per heavy atom. The van der Waals surface area contributed by atoms with Crippen LogP contribution in [0.4, 0.5) is 0 Å². The molecule has 8 heteroatoms. The van der Waals surface area contributed by atoms with Gasteiger partial charge in [0.2, 0.25) is 10.0 Å². The highest BCUT2D eigenvalue weighted by Gasteiger charge is 2.16. The lowest BCUT2D eigenvalue weighted by molar-refractivity contribution is 0.579. The van der Waals surface area contributed by atoms with Crippen LogP contribution in [-0.4, -0.2) is 18.2 Å². The second kappa shape index (κ2) is 5.19. The number of nitrogens with two attached hydrogens (primary N) is 1. The summed E-state index contributed by atoms with van der Waals surface area (Å²) in [6, 6.07) is 3.36. The van der Waals surface area contributed by atoms with Gasteiger partial charge in [0, 0.05) is 19.8 Å². The summed E-state index contributed by atoms with van der Waals surface area (Å²) in [5, 5.41) is 5.72. The van der Waals surface area contributed by atoms with E-state index in [2.05, 4.69) is 9.82 Å². The largest absolute Gasteiger partial charge is 0.326 e. The highest BCUT2D eigenvalue weighted by molar-refractivity contribution is 7.91. The summed E-state index contributed by atoms with van der Waals surface area (Å²) in [4.78, 5) is 0. The molecule has 98 valence electrons. The standard InChI is InChI=1S/C10H14N4O2S2/c1-14-9(2-3-12-14)6-13-18(15,16)10-4-8(5-11)7-17-10/h2-4,7,13H,5-6,11H2,1H3. The third-order valence-corrected chi connectivity index (χ3v) is 5.39. The van der Waals surface area contributed by atoms with Crippen molar-refractivity contribution in [3.63, 3.8) is 0 Å². The van der Waals surface area contributed by atoms with E-state index < -0.39 is 10.0 Å². The molecular weight excluding hydrogens is 272 g/mol. The van der Waals surface area contributed by atoms with Crippen molar-refractivity contribution in [1.29, 1.82) is 0 Å². The minimum absolute atomic E-state index is 0.217. The zero-order chi connectivity index (χ0) is 13.2. The molecule has 2 heterocycles. The molecule has 0 fully saturated rings. The normalized spacial score (nSPS) is 11.9. The van der Waals surface area contributed by atoms with E-state index in [1.54, 1.807) is 35.4 Å². The number of hydrogen-bond acceptors (Lipinski definition) is 5. The van der Waals surface area contributed by atoms with E-state index in [1.165, 1.54) is 11.3 Å². The molecule has 0 atom stereocenters. The molecule has 2 aromatic heterocycles. The maximum Gasteiger partial charge on any atom is 0.250 e. The molecule has 3 N–H and O–H groups in total. The number of sulfonamides is 1. The highest BCUT2D eigenvalue weighted by Crippen LogP contribution is 2.19. The molecule has 18 heavy (non-hydrogen) atoms. The molecule has 0 aliphatic carbocycles. The van der Waals surface area contributed by atoms with Gasteiger partial charge in [0.15, 0.2) is 0 Å². The molecule has 0 aliphatic rings. The van der Waals surface area contributed by atoms with E-state index in [9.17, 15) is 8.42 Å². The number of aryl methyl sites for hydroxylation is 1. The second-order valence-electron chi connectivity index (χ2n) is 3.75. The fourth-order valence-corrected chi connectivity index (χ4v) is 3.68. The lowest BCUT2D eigenvalue weighted by Gasteiger charge is -2.04. The lowest BCUT2D eigenvalue weighted by Crippen LogP contribution is -2.23. The number of thiophene rings is 1. The molecule has 0 spiro atoms. The van der Waals surface area contributed by atoms with Crippen LogP contribution < -0.4 is 10.5 Å². The monoisotopic (exact) mass is 286 g/mol. The third kappa shape index (κ3) is 2.78. The maximum absolute atomic E-state index is 12.0. The van der Waals surface area contributed by atoms with Gasteiger partial charge in [-0.2, -0.15) is 5.10 Å². The zero-order valence-corrected chi connectivity index (χ0v) is 11.5. The average molecular weight is 286 g/mol. The Balaban J connectivity index is 2.10. The Bertz CT molecular complexity index is 630. The highest BCUT2D eigenvalue weighted by atomic mass is 32.2.